The van der Waals surface area contributed by atoms with Crippen molar-refractivity contribution in [2.45, 2.75) is 26.3 Å². The molecule has 3 rings (SSSR count). The van der Waals surface area contributed by atoms with Crippen LogP contribution in [0.15, 0.2) is 54.6 Å². The zero-order valence-electron chi connectivity index (χ0n) is 12.5. The van der Waals surface area contributed by atoms with Gasteiger partial charge < -0.3 is 4.74 Å². The van der Waals surface area contributed by atoms with Gasteiger partial charge in [-0.2, -0.15) is 0 Å². The monoisotopic (exact) mass is 281 g/mol. The van der Waals surface area contributed by atoms with E-state index in [1.807, 2.05) is 30.3 Å². The number of H-pyrrole nitrogens is 1. The Kier molecular flexibility index (Phi) is 3.91. The molecule has 0 amide bonds. The topological polar surface area (TPSA) is 28.9 Å². The van der Waals surface area contributed by atoms with Gasteiger partial charge in [0.1, 0.15) is 18.9 Å². The summed E-state index contributed by atoms with van der Waals surface area (Å²) in [5, 5.41) is 0. The Hall–Kier alpha value is -2.29. The van der Waals surface area contributed by atoms with Crippen LogP contribution in [0, 0.1) is 0 Å². The molecule has 0 saturated heterocycles. The van der Waals surface area contributed by atoms with Crippen LogP contribution in [0.3, 0.4) is 0 Å². The molecule has 0 aliphatic rings. The number of hydrogen-bond donors (Lipinski definition) is 1. The number of fused-ring (bicyclic) bond motifs is 1. The van der Waals surface area contributed by atoms with E-state index in [9.17, 15) is 0 Å². The average molecular weight is 281 g/mol. The van der Waals surface area contributed by atoms with E-state index >= 15 is 0 Å². The lowest BCUT2D eigenvalue weighted by molar-refractivity contribution is -0.680. The summed E-state index contributed by atoms with van der Waals surface area (Å²) in [6, 6.07) is 18.4. The van der Waals surface area contributed by atoms with Gasteiger partial charge in [0.15, 0.2) is 11.0 Å². The van der Waals surface area contributed by atoms with E-state index in [0.717, 1.165) is 12.3 Å². The Morgan fingerprint density at radius 1 is 1.00 bits per heavy atom. The van der Waals surface area contributed by atoms with Gasteiger partial charge >= 0.3 is 0 Å². The van der Waals surface area contributed by atoms with Crippen molar-refractivity contribution in [3.8, 4) is 5.75 Å². The average Bonchev–Trinajstić information content (AvgIpc) is 2.88. The summed E-state index contributed by atoms with van der Waals surface area (Å²) < 4.78 is 8.15. The second-order valence-corrected chi connectivity index (χ2v) is 5.50. The molecule has 0 atom stereocenters. The quantitative estimate of drug-likeness (QED) is 0.710. The first-order valence-corrected chi connectivity index (χ1v) is 7.44. The molecule has 2 aromatic carbocycles. The fourth-order valence-electron chi connectivity index (χ4n) is 2.62. The molecule has 1 aromatic heterocycles. The lowest BCUT2D eigenvalue weighted by Gasteiger charge is -2.07. The molecule has 0 fully saturated rings. The third-order valence-corrected chi connectivity index (χ3v) is 3.62. The van der Waals surface area contributed by atoms with Gasteiger partial charge in [0.05, 0.1) is 5.92 Å². The maximum Gasteiger partial charge on any atom is 0.257 e. The summed E-state index contributed by atoms with van der Waals surface area (Å²) in [5.41, 5.74) is 2.42. The molecule has 1 heterocycles. The first-order valence-electron chi connectivity index (χ1n) is 7.44. The van der Waals surface area contributed by atoms with E-state index in [1.165, 1.54) is 16.9 Å². The van der Waals surface area contributed by atoms with Crippen LogP contribution < -0.4 is 9.30 Å². The number of para-hydroxylation sites is 3. The highest BCUT2D eigenvalue weighted by atomic mass is 16.5. The van der Waals surface area contributed by atoms with Crippen molar-refractivity contribution in [1.29, 1.82) is 0 Å². The lowest BCUT2D eigenvalue weighted by Crippen LogP contribution is -2.40. The maximum absolute atomic E-state index is 5.83. The zero-order valence-corrected chi connectivity index (χ0v) is 12.5. The summed E-state index contributed by atoms with van der Waals surface area (Å²) in [6.07, 6.45) is 0. The summed E-state index contributed by atoms with van der Waals surface area (Å²) in [5.74, 6) is 2.62. The lowest BCUT2D eigenvalue weighted by atomic mass is 10.2. The Balaban J connectivity index is 1.81. The van der Waals surface area contributed by atoms with E-state index < -0.39 is 0 Å². The van der Waals surface area contributed by atoms with E-state index in [-0.39, 0.29) is 0 Å². The summed E-state index contributed by atoms with van der Waals surface area (Å²) >= 11 is 0. The Morgan fingerprint density at radius 3 is 2.48 bits per heavy atom. The van der Waals surface area contributed by atoms with Gasteiger partial charge in [0, 0.05) is 0 Å². The van der Waals surface area contributed by atoms with Gasteiger partial charge in [0.25, 0.3) is 5.82 Å². The largest absolute Gasteiger partial charge is 0.489 e. The number of ether oxygens (including phenoxy) is 1. The number of imidazole rings is 1. The van der Waals surface area contributed by atoms with Crippen molar-refractivity contribution in [3.05, 3.63) is 60.4 Å². The van der Waals surface area contributed by atoms with Gasteiger partial charge in [0.2, 0.25) is 0 Å². The highest BCUT2D eigenvalue weighted by molar-refractivity contribution is 5.71. The minimum atomic E-state index is 0.453. The fourth-order valence-corrected chi connectivity index (χ4v) is 2.62. The summed E-state index contributed by atoms with van der Waals surface area (Å²) in [4.78, 5) is 3.52. The Morgan fingerprint density at radius 2 is 1.71 bits per heavy atom. The molecule has 3 heteroatoms. The molecule has 1 N–H and O–H groups in total. The number of hydrogen-bond acceptors (Lipinski definition) is 1. The molecule has 108 valence electrons. The smallest absolute Gasteiger partial charge is 0.257 e. The van der Waals surface area contributed by atoms with Crippen LogP contribution in [-0.4, -0.2) is 11.6 Å². The third-order valence-electron chi connectivity index (χ3n) is 3.62. The van der Waals surface area contributed by atoms with Crippen LogP contribution in [-0.2, 0) is 6.54 Å². The number of benzene rings is 2. The first kappa shape index (κ1) is 13.7. The molecule has 21 heavy (non-hydrogen) atoms. The molecule has 0 saturated carbocycles. The minimum Gasteiger partial charge on any atom is -0.489 e. The van der Waals surface area contributed by atoms with E-state index in [2.05, 4.69) is 47.7 Å². The molecular formula is C18H21N2O+. The SMILES string of the molecule is CC(C)c1[nH]c2ccccc2[n+]1CCOc1ccccc1. The van der Waals surface area contributed by atoms with Crippen LogP contribution in [0.5, 0.6) is 5.75 Å². The first-order chi connectivity index (χ1) is 10.3. The second-order valence-electron chi connectivity index (χ2n) is 5.50. The summed E-state index contributed by atoms with van der Waals surface area (Å²) in [6.45, 7) is 5.92. The molecule has 3 nitrogen and oxygen atoms in total. The molecule has 3 aromatic rings. The van der Waals surface area contributed by atoms with Crippen molar-refractivity contribution in [2.24, 2.45) is 0 Å². The van der Waals surface area contributed by atoms with Crippen molar-refractivity contribution in [1.82, 2.24) is 4.98 Å². The van der Waals surface area contributed by atoms with Crippen molar-refractivity contribution < 1.29 is 9.30 Å². The molecule has 0 radical (unpaired) electrons. The van der Waals surface area contributed by atoms with Crippen molar-refractivity contribution in [2.75, 3.05) is 6.61 Å². The van der Waals surface area contributed by atoms with Crippen LogP contribution in [0.25, 0.3) is 11.0 Å². The maximum atomic E-state index is 5.83. The normalized spacial score (nSPS) is 11.2. The van der Waals surface area contributed by atoms with E-state index in [0.29, 0.717) is 12.5 Å². The zero-order chi connectivity index (χ0) is 14.7. The second kappa shape index (κ2) is 6.00. The van der Waals surface area contributed by atoms with Gasteiger partial charge in [-0.15, -0.1) is 0 Å². The molecule has 0 spiro atoms. The molecule has 0 unspecified atom stereocenters. The van der Waals surface area contributed by atoms with Gasteiger partial charge in [-0.25, -0.2) is 9.55 Å². The Labute approximate surface area is 125 Å². The highest BCUT2D eigenvalue weighted by Gasteiger charge is 2.20. The number of rotatable bonds is 5. The number of nitrogens with one attached hydrogen (secondary N) is 1. The predicted octanol–water partition coefficient (Wildman–Crippen LogP) is 3.66. The van der Waals surface area contributed by atoms with Crippen LogP contribution in [0.2, 0.25) is 0 Å². The summed E-state index contributed by atoms with van der Waals surface area (Å²) in [7, 11) is 0. The molecule has 0 aliphatic heterocycles. The standard InChI is InChI=1S/C18H20N2O/c1-14(2)18-19-16-10-6-7-11-17(16)20(18)12-13-21-15-8-4-3-5-9-15/h3-11,14H,12-13H2,1-2H3/p+1. The van der Waals surface area contributed by atoms with Crippen LogP contribution in [0.4, 0.5) is 0 Å². The third kappa shape index (κ3) is 2.92. The number of aromatic amines is 1. The minimum absolute atomic E-state index is 0.453. The van der Waals surface area contributed by atoms with Crippen molar-refractivity contribution >= 4 is 11.0 Å². The van der Waals surface area contributed by atoms with Crippen LogP contribution in [0.1, 0.15) is 25.6 Å². The van der Waals surface area contributed by atoms with E-state index in [4.69, 9.17) is 4.74 Å². The van der Waals surface area contributed by atoms with Gasteiger partial charge in [-0.1, -0.05) is 44.2 Å². The van der Waals surface area contributed by atoms with Crippen LogP contribution >= 0.6 is 0 Å². The number of nitrogens with zero attached hydrogens (tertiary/aromatic N) is 1. The van der Waals surface area contributed by atoms with Gasteiger partial charge in [-0.3, -0.25) is 0 Å². The highest BCUT2D eigenvalue weighted by Crippen LogP contribution is 2.15. The van der Waals surface area contributed by atoms with Gasteiger partial charge in [-0.05, 0) is 24.3 Å². The Bertz CT molecular complexity index is 716. The fraction of sp³-hybridized carbons (Fsp3) is 0.278. The number of aromatic nitrogens is 2. The molecular weight excluding hydrogens is 260 g/mol. The molecule has 0 bridgehead atoms. The molecule has 0 aliphatic carbocycles. The van der Waals surface area contributed by atoms with E-state index in [1.54, 1.807) is 0 Å². The van der Waals surface area contributed by atoms with Crippen molar-refractivity contribution in [3.63, 3.8) is 0 Å². The predicted molar refractivity (Wildman–Crippen MR) is 84.5 cm³/mol.